The van der Waals surface area contributed by atoms with Gasteiger partial charge in [-0.3, -0.25) is 4.79 Å². The van der Waals surface area contributed by atoms with Crippen LogP contribution >= 0.6 is 0 Å². The van der Waals surface area contributed by atoms with Crippen molar-refractivity contribution in [2.24, 2.45) is 0 Å². The van der Waals surface area contributed by atoms with Crippen molar-refractivity contribution in [2.75, 3.05) is 13.1 Å². The molecule has 1 saturated heterocycles. The van der Waals surface area contributed by atoms with Gasteiger partial charge in [-0.1, -0.05) is 0 Å². The number of aromatic nitrogens is 4. The van der Waals surface area contributed by atoms with Crippen LogP contribution in [-0.2, 0) is 0 Å². The minimum atomic E-state index is -0.00826. The van der Waals surface area contributed by atoms with E-state index in [1.54, 1.807) is 18.6 Å². The Morgan fingerprint density at radius 1 is 1.33 bits per heavy atom. The Morgan fingerprint density at radius 3 is 2.90 bits per heavy atom. The third kappa shape index (κ3) is 3.04. The summed E-state index contributed by atoms with van der Waals surface area (Å²) in [5.74, 6) is 1.03. The van der Waals surface area contributed by atoms with E-state index in [9.17, 15) is 4.79 Å². The highest BCUT2D eigenvalue weighted by Gasteiger charge is 2.26. The summed E-state index contributed by atoms with van der Waals surface area (Å²) in [6, 6.07) is 1.94. The number of likely N-dealkylation sites (tertiary alicyclic amines) is 1. The third-order valence-corrected chi connectivity index (χ3v) is 3.73. The number of piperidine rings is 1. The molecule has 0 aliphatic carbocycles. The SMILES string of the molecule is Cc1nccc([C@H]2CCCN(C(=O)c3cncnc3)C2)n1. The molecule has 1 amide bonds. The molecule has 0 spiro atoms. The lowest BCUT2D eigenvalue weighted by molar-refractivity contribution is 0.0705. The molecule has 0 aromatic carbocycles. The molecule has 6 nitrogen and oxygen atoms in total. The summed E-state index contributed by atoms with van der Waals surface area (Å²) in [5, 5.41) is 0. The van der Waals surface area contributed by atoms with E-state index in [0.717, 1.165) is 30.9 Å². The van der Waals surface area contributed by atoms with E-state index in [0.29, 0.717) is 12.1 Å². The molecule has 1 atom stereocenters. The van der Waals surface area contributed by atoms with Crippen LogP contribution in [-0.4, -0.2) is 43.8 Å². The number of hydrogen-bond donors (Lipinski definition) is 0. The zero-order chi connectivity index (χ0) is 14.7. The van der Waals surface area contributed by atoms with Crippen LogP contribution in [0.1, 0.15) is 40.6 Å². The molecule has 1 fully saturated rings. The number of aryl methyl sites for hydroxylation is 1. The van der Waals surface area contributed by atoms with Crippen LogP contribution < -0.4 is 0 Å². The van der Waals surface area contributed by atoms with E-state index in [-0.39, 0.29) is 11.8 Å². The van der Waals surface area contributed by atoms with E-state index < -0.39 is 0 Å². The van der Waals surface area contributed by atoms with Crippen LogP contribution in [0.5, 0.6) is 0 Å². The molecule has 108 valence electrons. The summed E-state index contributed by atoms with van der Waals surface area (Å²) in [7, 11) is 0. The molecule has 2 aromatic rings. The van der Waals surface area contributed by atoms with Crippen LogP contribution in [0.4, 0.5) is 0 Å². The van der Waals surface area contributed by atoms with Gasteiger partial charge in [-0.15, -0.1) is 0 Å². The summed E-state index contributed by atoms with van der Waals surface area (Å²) >= 11 is 0. The highest BCUT2D eigenvalue weighted by atomic mass is 16.2. The van der Waals surface area contributed by atoms with Gasteiger partial charge in [0.2, 0.25) is 0 Å². The molecule has 3 rings (SSSR count). The fourth-order valence-electron chi connectivity index (χ4n) is 2.70. The van der Waals surface area contributed by atoms with E-state index in [1.165, 1.54) is 6.33 Å². The number of rotatable bonds is 2. The van der Waals surface area contributed by atoms with Crippen molar-refractivity contribution < 1.29 is 4.79 Å². The summed E-state index contributed by atoms with van der Waals surface area (Å²) in [5.41, 5.74) is 1.56. The quantitative estimate of drug-likeness (QED) is 0.837. The molecule has 2 aromatic heterocycles. The zero-order valence-corrected chi connectivity index (χ0v) is 11.9. The molecule has 1 aliphatic heterocycles. The number of carbonyl (C=O) groups excluding carboxylic acids is 1. The van der Waals surface area contributed by atoms with E-state index in [2.05, 4.69) is 19.9 Å². The van der Waals surface area contributed by atoms with Gasteiger partial charge < -0.3 is 4.90 Å². The van der Waals surface area contributed by atoms with Crippen LogP contribution in [0, 0.1) is 6.92 Å². The highest BCUT2D eigenvalue weighted by Crippen LogP contribution is 2.26. The Kier molecular flexibility index (Phi) is 3.85. The Balaban J connectivity index is 1.75. The number of carbonyl (C=O) groups is 1. The molecular weight excluding hydrogens is 266 g/mol. The molecular formula is C15H17N5O. The Morgan fingerprint density at radius 2 is 2.14 bits per heavy atom. The van der Waals surface area contributed by atoms with Crippen molar-refractivity contribution in [3.63, 3.8) is 0 Å². The maximum atomic E-state index is 12.5. The summed E-state index contributed by atoms with van der Waals surface area (Å²) in [6.07, 6.45) is 8.36. The van der Waals surface area contributed by atoms with Crippen molar-refractivity contribution >= 4 is 5.91 Å². The second kappa shape index (κ2) is 5.95. The van der Waals surface area contributed by atoms with Gasteiger partial charge in [-0.25, -0.2) is 19.9 Å². The van der Waals surface area contributed by atoms with E-state index >= 15 is 0 Å². The first-order valence-electron chi connectivity index (χ1n) is 7.08. The van der Waals surface area contributed by atoms with Gasteiger partial charge in [0.15, 0.2) is 0 Å². The second-order valence-corrected chi connectivity index (χ2v) is 5.25. The predicted octanol–water partition coefficient (Wildman–Crippen LogP) is 1.59. The Labute approximate surface area is 123 Å². The van der Waals surface area contributed by atoms with Crippen LogP contribution in [0.2, 0.25) is 0 Å². The van der Waals surface area contributed by atoms with Gasteiger partial charge in [-0.05, 0) is 25.8 Å². The minimum Gasteiger partial charge on any atom is -0.338 e. The lowest BCUT2D eigenvalue weighted by Crippen LogP contribution is -2.39. The molecule has 0 unspecified atom stereocenters. The first-order valence-corrected chi connectivity index (χ1v) is 7.08. The van der Waals surface area contributed by atoms with Crippen molar-refractivity contribution in [3.8, 4) is 0 Å². The Bertz CT molecular complexity index is 631. The lowest BCUT2D eigenvalue weighted by atomic mass is 9.94. The molecule has 0 radical (unpaired) electrons. The molecule has 0 N–H and O–H groups in total. The first-order chi connectivity index (χ1) is 10.2. The number of nitrogens with zero attached hydrogens (tertiary/aromatic N) is 5. The van der Waals surface area contributed by atoms with E-state index in [1.807, 2.05) is 17.9 Å². The van der Waals surface area contributed by atoms with Gasteiger partial charge in [0.25, 0.3) is 5.91 Å². The van der Waals surface area contributed by atoms with Crippen molar-refractivity contribution in [2.45, 2.75) is 25.7 Å². The second-order valence-electron chi connectivity index (χ2n) is 5.25. The molecule has 0 bridgehead atoms. The fraction of sp³-hybridized carbons (Fsp3) is 0.400. The summed E-state index contributed by atoms with van der Waals surface area (Å²) in [4.78, 5) is 30.8. The highest BCUT2D eigenvalue weighted by molar-refractivity contribution is 5.93. The predicted molar refractivity (Wildman–Crippen MR) is 76.7 cm³/mol. The van der Waals surface area contributed by atoms with Gasteiger partial charge in [-0.2, -0.15) is 0 Å². The van der Waals surface area contributed by atoms with Gasteiger partial charge in [0, 0.05) is 43.3 Å². The van der Waals surface area contributed by atoms with Gasteiger partial charge in [0.05, 0.1) is 5.56 Å². The van der Waals surface area contributed by atoms with E-state index in [4.69, 9.17) is 0 Å². The topological polar surface area (TPSA) is 71.9 Å². The molecule has 0 saturated carbocycles. The maximum Gasteiger partial charge on any atom is 0.257 e. The number of hydrogen-bond acceptors (Lipinski definition) is 5. The molecule has 6 heteroatoms. The van der Waals surface area contributed by atoms with Crippen LogP contribution in [0.3, 0.4) is 0 Å². The van der Waals surface area contributed by atoms with Crippen molar-refractivity contribution in [3.05, 3.63) is 48.1 Å². The average Bonchev–Trinajstić information content (AvgIpc) is 2.55. The first kappa shape index (κ1) is 13.6. The van der Waals surface area contributed by atoms with Crippen LogP contribution in [0.15, 0.2) is 31.0 Å². The smallest absolute Gasteiger partial charge is 0.257 e. The lowest BCUT2D eigenvalue weighted by Gasteiger charge is -2.32. The fourth-order valence-corrected chi connectivity index (χ4v) is 2.70. The normalized spacial score (nSPS) is 18.5. The molecule has 21 heavy (non-hydrogen) atoms. The maximum absolute atomic E-state index is 12.5. The van der Waals surface area contributed by atoms with Gasteiger partial charge >= 0.3 is 0 Å². The largest absolute Gasteiger partial charge is 0.338 e. The molecule has 3 heterocycles. The van der Waals surface area contributed by atoms with Crippen molar-refractivity contribution in [1.82, 2.24) is 24.8 Å². The summed E-state index contributed by atoms with van der Waals surface area (Å²) in [6.45, 7) is 3.34. The minimum absolute atomic E-state index is 0.00826. The Hall–Kier alpha value is -2.37. The van der Waals surface area contributed by atoms with Gasteiger partial charge in [0.1, 0.15) is 12.2 Å². The summed E-state index contributed by atoms with van der Waals surface area (Å²) < 4.78 is 0. The standard InChI is InChI=1S/C15H17N5O/c1-11-18-5-4-14(19-11)12-3-2-6-20(9-12)15(21)13-7-16-10-17-8-13/h4-5,7-8,10,12H,2-3,6,9H2,1H3/t12-/m0/s1. The monoisotopic (exact) mass is 283 g/mol. The third-order valence-electron chi connectivity index (χ3n) is 3.73. The number of amides is 1. The van der Waals surface area contributed by atoms with Crippen molar-refractivity contribution in [1.29, 1.82) is 0 Å². The zero-order valence-electron chi connectivity index (χ0n) is 11.9. The van der Waals surface area contributed by atoms with Crippen LogP contribution in [0.25, 0.3) is 0 Å². The molecule has 1 aliphatic rings. The average molecular weight is 283 g/mol.